The van der Waals surface area contributed by atoms with E-state index in [0.29, 0.717) is 11.3 Å². The monoisotopic (exact) mass is 509 g/mol. The fourth-order valence-corrected chi connectivity index (χ4v) is 6.52. The van der Waals surface area contributed by atoms with E-state index in [1.165, 1.54) is 4.70 Å². The van der Waals surface area contributed by atoms with Crippen LogP contribution in [0.3, 0.4) is 0 Å². The summed E-state index contributed by atoms with van der Waals surface area (Å²) in [5.41, 5.74) is 5.41. The highest BCUT2D eigenvalue weighted by Gasteiger charge is 2.34. The molecule has 5 nitrogen and oxygen atoms in total. The van der Waals surface area contributed by atoms with Crippen LogP contribution in [0.2, 0.25) is 0 Å². The number of para-hydroxylation sites is 3. The summed E-state index contributed by atoms with van der Waals surface area (Å²) < 4.78 is 7.90. The first-order valence-corrected chi connectivity index (χ1v) is 13.4. The third kappa shape index (κ3) is 4.21. The van der Waals surface area contributed by atoms with Crippen LogP contribution in [0.1, 0.15) is 27.7 Å². The Morgan fingerprint density at radius 2 is 1.75 bits per heavy atom. The van der Waals surface area contributed by atoms with Gasteiger partial charge in [-0.3, -0.25) is 9.69 Å². The maximum absolute atomic E-state index is 13.7. The van der Waals surface area contributed by atoms with Crippen LogP contribution in [-0.4, -0.2) is 18.0 Å². The summed E-state index contributed by atoms with van der Waals surface area (Å²) in [6, 6.07) is 31.8. The standard InChI is InChI=1S/C29H23N3O2S2/c1-34-25-16-15-19(17-20(25)18-35-29-31-24-13-7-8-14-26(24)36-29)27-30-23-12-6-5-11-22(23)28(33)32(27)21-9-3-2-4-10-21/h2-17,27,30H,18H2,1H3/t27-/m1/s1. The number of ether oxygens (including phenoxy) is 1. The third-order valence-electron chi connectivity index (χ3n) is 6.21. The summed E-state index contributed by atoms with van der Waals surface area (Å²) in [6.45, 7) is 0. The molecule has 0 saturated heterocycles. The quantitative estimate of drug-likeness (QED) is 0.242. The van der Waals surface area contributed by atoms with E-state index in [2.05, 4.69) is 17.4 Å². The number of nitrogens with one attached hydrogen (secondary N) is 1. The second-order valence-corrected chi connectivity index (χ2v) is 10.7. The number of anilines is 2. The highest BCUT2D eigenvalue weighted by Crippen LogP contribution is 2.39. The first-order chi connectivity index (χ1) is 17.7. The van der Waals surface area contributed by atoms with Gasteiger partial charge in [0.1, 0.15) is 11.9 Å². The zero-order valence-corrected chi connectivity index (χ0v) is 21.2. The lowest BCUT2D eigenvalue weighted by Crippen LogP contribution is -2.43. The number of methoxy groups -OCH3 is 1. The van der Waals surface area contributed by atoms with Crippen LogP contribution in [0.4, 0.5) is 11.4 Å². The van der Waals surface area contributed by atoms with Crippen LogP contribution >= 0.6 is 23.1 Å². The Hall–Kier alpha value is -3.81. The van der Waals surface area contributed by atoms with Crippen LogP contribution in [0.25, 0.3) is 10.2 Å². The summed E-state index contributed by atoms with van der Waals surface area (Å²) in [7, 11) is 1.69. The average molecular weight is 510 g/mol. The molecule has 0 unspecified atom stereocenters. The van der Waals surface area contributed by atoms with E-state index >= 15 is 0 Å². The Kier molecular flexibility index (Phi) is 6.09. The largest absolute Gasteiger partial charge is 0.496 e. The van der Waals surface area contributed by atoms with Gasteiger partial charge in [0.15, 0.2) is 4.34 Å². The molecule has 1 aliphatic heterocycles. The summed E-state index contributed by atoms with van der Waals surface area (Å²) in [5, 5.41) is 3.60. The number of carbonyl (C=O) groups excluding carboxylic acids is 1. The Bertz CT molecular complexity index is 1520. The number of hydrogen-bond acceptors (Lipinski definition) is 6. The molecule has 0 radical (unpaired) electrons. The second-order valence-electron chi connectivity index (χ2n) is 8.41. The molecule has 4 aromatic carbocycles. The molecule has 0 aliphatic carbocycles. The maximum Gasteiger partial charge on any atom is 0.262 e. The predicted molar refractivity (Wildman–Crippen MR) is 148 cm³/mol. The maximum atomic E-state index is 13.7. The van der Waals surface area contributed by atoms with Crippen molar-refractivity contribution in [3.8, 4) is 5.75 Å². The van der Waals surface area contributed by atoms with Crippen LogP contribution in [0.15, 0.2) is 101 Å². The summed E-state index contributed by atoms with van der Waals surface area (Å²) >= 11 is 3.40. The lowest BCUT2D eigenvalue weighted by Gasteiger charge is -2.38. The van der Waals surface area contributed by atoms with Gasteiger partial charge in [0.05, 0.1) is 22.9 Å². The minimum atomic E-state index is -0.355. The number of rotatable bonds is 6. The molecule has 0 fully saturated rings. The number of fused-ring (bicyclic) bond motifs is 2. The van der Waals surface area contributed by atoms with Crippen molar-refractivity contribution in [1.82, 2.24) is 4.98 Å². The van der Waals surface area contributed by atoms with E-state index in [1.54, 1.807) is 30.2 Å². The van der Waals surface area contributed by atoms with Crippen LogP contribution in [0, 0.1) is 0 Å². The van der Waals surface area contributed by atoms with Gasteiger partial charge < -0.3 is 10.1 Å². The van der Waals surface area contributed by atoms with Crippen LogP contribution < -0.4 is 15.0 Å². The lowest BCUT2D eigenvalue weighted by atomic mass is 10.0. The van der Waals surface area contributed by atoms with Crippen molar-refractivity contribution in [3.63, 3.8) is 0 Å². The Morgan fingerprint density at radius 3 is 2.58 bits per heavy atom. The Morgan fingerprint density at radius 1 is 0.972 bits per heavy atom. The molecule has 1 aromatic heterocycles. The number of aromatic nitrogens is 1. The van der Waals surface area contributed by atoms with Crippen molar-refractivity contribution in [3.05, 3.63) is 114 Å². The van der Waals surface area contributed by atoms with Crippen molar-refractivity contribution < 1.29 is 9.53 Å². The minimum Gasteiger partial charge on any atom is -0.496 e. The van der Waals surface area contributed by atoms with Crippen molar-refractivity contribution in [2.45, 2.75) is 16.3 Å². The third-order valence-corrected chi connectivity index (χ3v) is 8.43. The number of benzene rings is 4. The SMILES string of the molecule is COc1ccc([C@@H]2Nc3ccccc3C(=O)N2c2ccccc2)cc1CSc1nc2ccccc2s1. The molecular weight excluding hydrogens is 486 g/mol. The number of carbonyl (C=O) groups is 1. The van der Waals surface area contributed by atoms with Crippen molar-refractivity contribution in [2.24, 2.45) is 0 Å². The molecule has 5 aromatic rings. The normalized spacial score (nSPS) is 15.0. The molecule has 1 N–H and O–H groups in total. The highest BCUT2D eigenvalue weighted by atomic mass is 32.2. The number of hydrogen-bond donors (Lipinski definition) is 1. The van der Waals surface area contributed by atoms with Gasteiger partial charge >= 0.3 is 0 Å². The summed E-state index contributed by atoms with van der Waals surface area (Å²) in [6.07, 6.45) is -0.355. The van der Waals surface area contributed by atoms with Crippen LogP contribution in [0.5, 0.6) is 5.75 Å². The topological polar surface area (TPSA) is 54.5 Å². The average Bonchev–Trinajstić information content (AvgIpc) is 3.35. The molecule has 2 heterocycles. The molecular formula is C29H23N3O2S2. The minimum absolute atomic E-state index is 0.0261. The van der Waals surface area contributed by atoms with Gasteiger partial charge in [0.2, 0.25) is 0 Å². The molecule has 0 saturated carbocycles. The molecule has 0 spiro atoms. The zero-order chi connectivity index (χ0) is 24.5. The molecule has 1 amide bonds. The van der Waals surface area contributed by atoms with Gasteiger partial charge in [-0.1, -0.05) is 60.3 Å². The van der Waals surface area contributed by atoms with Gasteiger partial charge in [-0.05, 0) is 54.1 Å². The smallest absolute Gasteiger partial charge is 0.262 e. The summed E-state index contributed by atoms with van der Waals surface area (Å²) in [4.78, 5) is 20.2. The van der Waals surface area contributed by atoms with E-state index in [4.69, 9.17) is 9.72 Å². The first kappa shape index (κ1) is 22.6. The van der Waals surface area contributed by atoms with E-state index in [1.807, 2.05) is 89.8 Å². The van der Waals surface area contributed by atoms with E-state index in [0.717, 1.165) is 38.1 Å². The fourth-order valence-electron chi connectivity index (χ4n) is 4.48. The number of thiazole rings is 1. The molecule has 1 aliphatic rings. The summed E-state index contributed by atoms with van der Waals surface area (Å²) in [5.74, 6) is 1.50. The van der Waals surface area contributed by atoms with Crippen molar-refractivity contribution in [1.29, 1.82) is 0 Å². The van der Waals surface area contributed by atoms with Crippen molar-refractivity contribution in [2.75, 3.05) is 17.3 Å². The lowest BCUT2D eigenvalue weighted by molar-refractivity contribution is 0.0975. The second kappa shape index (κ2) is 9.68. The fraction of sp³-hybridized carbons (Fsp3) is 0.103. The van der Waals surface area contributed by atoms with Gasteiger partial charge in [-0.2, -0.15) is 0 Å². The zero-order valence-electron chi connectivity index (χ0n) is 19.5. The predicted octanol–water partition coefficient (Wildman–Crippen LogP) is 7.37. The first-order valence-electron chi connectivity index (χ1n) is 11.6. The molecule has 36 heavy (non-hydrogen) atoms. The van der Waals surface area contributed by atoms with Gasteiger partial charge in [0.25, 0.3) is 5.91 Å². The molecule has 178 valence electrons. The van der Waals surface area contributed by atoms with Crippen molar-refractivity contribution >= 4 is 50.6 Å². The van der Waals surface area contributed by atoms with E-state index < -0.39 is 0 Å². The molecule has 6 rings (SSSR count). The molecule has 1 atom stereocenters. The van der Waals surface area contributed by atoms with Crippen LogP contribution in [-0.2, 0) is 5.75 Å². The number of thioether (sulfide) groups is 1. The Labute approximate surface area is 217 Å². The molecule has 0 bridgehead atoms. The number of nitrogens with zero attached hydrogens (tertiary/aromatic N) is 2. The van der Waals surface area contributed by atoms with Gasteiger partial charge in [0, 0.05) is 22.7 Å². The molecule has 7 heteroatoms. The highest BCUT2D eigenvalue weighted by molar-refractivity contribution is 8.00. The van der Waals surface area contributed by atoms with E-state index in [9.17, 15) is 4.79 Å². The van der Waals surface area contributed by atoms with Gasteiger partial charge in [-0.15, -0.1) is 11.3 Å². The van der Waals surface area contributed by atoms with Gasteiger partial charge in [-0.25, -0.2) is 4.98 Å². The number of amides is 1. The Balaban J connectivity index is 1.36. The van der Waals surface area contributed by atoms with E-state index in [-0.39, 0.29) is 12.1 Å².